The molecule has 3 aromatic rings. The third kappa shape index (κ3) is 5.82. The van der Waals surface area contributed by atoms with E-state index in [0.717, 1.165) is 40.8 Å². The van der Waals surface area contributed by atoms with E-state index >= 15 is 0 Å². The van der Waals surface area contributed by atoms with Crippen molar-refractivity contribution in [2.45, 2.75) is 69.2 Å². The van der Waals surface area contributed by atoms with Gasteiger partial charge in [0.05, 0.1) is 24.7 Å². The van der Waals surface area contributed by atoms with E-state index in [-0.39, 0.29) is 30.1 Å². The molecular weight excluding hydrogens is 513 g/mol. The standard InChI is InChI=1S/C32H36FNO6/c1-19-5-15-24(16-6-19)34-28(25(32(34)39)4-2-3-20-9-13-23(33)14-10-20)22-11-7-21(8-12-22)17-26-29(36)31(38)30(37)27(18-35)40-26/h5-16,25-31,35-38H,2-4,17-18H2,1H3. The van der Waals surface area contributed by atoms with Gasteiger partial charge in [-0.25, -0.2) is 4.39 Å². The molecule has 0 spiro atoms. The molecule has 7 unspecified atom stereocenters. The van der Waals surface area contributed by atoms with Gasteiger partial charge >= 0.3 is 0 Å². The van der Waals surface area contributed by atoms with Crippen molar-refractivity contribution in [3.8, 4) is 0 Å². The first-order chi connectivity index (χ1) is 19.3. The quantitative estimate of drug-likeness (QED) is 0.305. The fraction of sp³-hybridized carbons (Fsp3) is 0.406. The lowest BCUT2D eigenvalue weighted by atomic mass is 9.78. The van der Waals surface area contributed by atoms with Gasteiger partial charge in [-0.3, -0.25) is 4.79 Å². The Bertz CT molecular complexity index is 1280. The van der Waals surface area contributed by atoms with Crippen LogP contribution in [-0.4, -0.2) is 63.5 Å². The van der Waals surface area contributed by atoms with Gasteiger partial charge in [0.2, 0.25) is 5.91 Å². The van der Waals surface area contributed by atoms with Crippen LogP contribution in [0.2, 0.25) is 0 Å². The van der Waals surface area contributed by atoms with Gasteiger partial charge in [0.15, 0.2) is 0 Å². The lowest BCUT2D eigenvalue weighted by Crippen LogP contribution is -2.59. The zero-order valence-electron chi connectivity index (χ0n) is 22.4. The van der Waals surface area contributed by atoms with Crippen molar-refractivity contribution in [2.24, 2.45) is 5.92 Å². The average Bonchev–Trinajstić information content (AvgIpc) is 2.96. The number of carbonyl (C=O) groups excluding carboxylic acids is 1. The molecule has 2 aliphatic heterocycles. The summed E-state index contributed by atoms with van der Waals surface area (Å²) in [7, 11) is 0. The smallest absolute Gasteiger partial charge is 0.233 e. The first-order valence-electron chi connectivity index (χ1n) is 13.8. The Balaban J connectivity index is 1.31. The van der Waals surface area contributed by atoms with Gasteiger partial charge in [-0.2, -0.15) is 0 Å². The number of amides is 1. The van der Waals surface area contributed by atoms with Crippen LogP contribution in [0, 0.1) is 18.7 Å². The number of β-lactam (4-membered cyclic amide) rings is 1. The Morgan fingerprint density at radius 1 is 0.825 bits per heavy atom. The lowest BCUT2D eigenvalue weighted by Gasteiger charge is -2.48. The first kappa shape index (κ1) is 28.4. The summed E-state index contributed by atoms with van der Waals surface area (Å²) in [6, 6.07) is 22.0. The van der Waals surface area contributed by atoms with Crippen LogP contribution in [0.5, 0.6) is 0 Å². The molecule has 7 atom stereocenters. The zero-order chi connectivity index (χ0) is 28.4. The Morgan fingerprint density at radius 2 is 1.45 bits per heavy atom. The molecule has 40 heavy (non-hydrogen) atoms. The number of nitrogens with zero attached hydrogens (tertiary/aromatic N) is 1. The van der Waals surface area contributed by atoms with Crippen molar-refractivity contribution in [2.75, 3.05) is 11.5 Å². The van der Waals surface area contributed by atoms with E-state index in [1.165, 1.54) is 12.1 Å². The molecule has 0 bridgehead atoms. The van der Waals surface area contributed by atoms with Crippen molar-refractivity contribution in [1.82, 2.24) is 0 Å². The molecule has 7 nitrogen and oxygen atoms in total. The van der Waals surface area contributed by atoms with E-state index in [9.17, 15) is 29.6 Å². The van der Waals surface area contributed by atoms with Crippen molar-refractivity contribution in [3.63, 3.8) is 0 Å². The summed E-state index contributed by atoms with van der Waals surface area (Å²) in [5.74, 6) is -0.363. The summed E-state index contributed by atoms with van der Waals surface area (Å²) in [5.41, 5.74) is 4.85. The molecule has 0 saturated carbocycles. The molecule has 212 valence electrons. The summed E-state index contributed by atoms with van der Waals surface area (Å²) in [5, 5.41) is 40.1. The largest absolute Gasteiger partial charge is 0.394 e. The third-order valence-corrected chi connectivity index (χ3v) is 8.17. The minimum Gasteiger partial charge on any atom is -0.394 e. The minimum atomic E-state index is -1.41. The van der Waals surface area contributed by atoms with Crippen molar-refractivity contribution < 1.29 is 34.3 Å². The SMILES string of the molecule is Cc1ccc(N2C(=O)C(CCCc3ccc(F)cc3)C2c2ccc(CC3OC(CO)C(O)C(O)C3O)cc2)cc1. The van der Waals surface area contributed by atoms with E-state index in [1.54, 1.807) is 12.1 Å². The second-order valence-electron chi connectivity index (χ2n) is 10.9. The zero-order valence-corrected chi connectivity index (χ0v) is 22.4. The van der Waals surface area contributed by atoms with Gasteiger partial charge in [-0.15, -0.1) is 0 Å². The molecule has 0 aliphatic carbocycles. The number of hydrogen-bond acceptors (Lipinski definition) is 6. The molecule has 2 aliphatic rings. The van der Waals surface area contributed by atoms with E-state index in [2.05, 4.69) is 0 Å². The van der Waals surface area contributed by atoms with Crippen LogP contribution in [0.3, 0.4) is 0 Å². The van der Waals surface area contributed by atoms with E-state index in [4.69, 9.17) is 4.74 Å². The maximum Gasteiger partial charge on any atom is 0.233 e. The predicted octanol–water partition coefficient (Wildman–Crippen LogP) is 3.25. The number of halogens is 1. The maximum atomic E-state index is 13.4. The van der Waals surface area contributed by atoms with Crippen LogP contribution >= 0.6 is 0 Å². The molecule has 2 fully saturated rings. The molecule has 0 aromatic heterocycles. The van der Waals surface area contributed by atoms with Gasteiger partial charge in [0.1, 0.15) is 30.2 Å². The normalized spacial score (nSPS) is 28.4. The number of carbonyl (C=O) groups is 1. The highest BCUT2D eigenvalue weighted by Crippen LogP contribution is 2.46. The lowest BCUT2D eigenvalue weighted by molar-refractivity contribution is -0.228. The topological polar surface area (TPSA) is 110 Å². The number of rotatable bonds is 9. The Morgan fingerprint density at radius 3 is 2.10 bits per heavy atom. The molecule has 0 radical (unpaired) electrons. The third-order valence-electron chi connectivity index (χ3n) is 8.17. The highest BCUT2D eigenvalue weighted by molar-refractivity contribution is 6.03. The number of aryl methyl sites for hydroxylation is 2. The number of ether oxygens (including phenoxy) is 1. The first-order valence-corrected chi connectivity index (χ1v) is 13.8. The van der Waals surface area contributed by atoms with Crippen molar-refractivity contribution in [3.05, 3.63) is 101 Å². The number of hydrogen-bond donors (Lipinski definition) is 4. The molecule has 3 aromatic carbocycles. The second kappa shape index (κ2) is 12.2. The summed E-state index contributed by atoms with van der Waals surface area (Å²) >= 11 is 0. The van der Waals surface area contributed by atoms with E-state index in [0.29, 0.717) is 6.42 Å². The Hall–Kier alpha value is -3.14. The van der Waals surface area contributed by atoms with Gasteiger partial charge in [0, 0.05) is 12.1 Å². The Labute approximate surface area is 233 Å². The van der Waals surface area contributed by atoms with Gasteiger partial charge in [0.25, 0.3) is 0 Å². The molecule has 8 heteroatoms. The number of anilines is 1. The van der Waals surface area contributed by atoms with Crippen LogP contribution in [0.1, 0.15) is 41.1 Å². The number of aliphatic hydroxyl groups excluding tert-OH is 4. The van der Waals surface area contributed by atoms with Crippen LogP contribution < -0.4 is 4.90 Å². The Kier molecular flexibility index (Phi) is 8.63. The molecular formula is C32H36FNO6. The fourth-order valence-electron chi connectivity index (χ4n) is 5.81. The van der Waals surface area contributed by atoms with Gasteiger partial charge in [-0.1, -0.05) is 54.1 Å². The summed E-state index contributed by atoms with van der Waals surface area (Å²) in [6.07, 6.45) is -3.25. The van der Waals surface area contributed by atoms with E-state index in [1.807, 2.05) is 60.4 Å². The van der Waals surface area contributed by atoms with Gasteiger partial charge in [-0.05, 0) is 67.1 Å². The van der Waals surface area contributed by atoms with Crippen LogP contribution in [0.15, 0.2) is 72.8 Å². The molecule has 4 N–H and O–H groups in total. The summed E-state index contributed by atoms with van der Waals surface area (Å²) < 4.78 is 18.9. The number of benzene rings is 3. The van der Waals surface area contributed by atoms with Crippen molar-refractivity contribution >= 4 is 11.6 Å². The molecule has 2 heterocycles. The summed E-state index contributed by atoms with van der Waals surface area (Å²) in [4.78, 5) is 15.2. The van der Waals surface area contributed by atoms with Crippen LogP contribution in [0.4, 0.5) is 10.1 Å². The molecule has 5 rings (SSSR count). The molecule has 2 saturated heterocycles. The highest BCUT2D eigenvalue weighted by Gasteiger charge is 2.48. The second-order valence-corrected chi connectivity index (χ2v) is 10.9. The minimum absolute atomic E-state index is 0.0818. The highest BCUT2D eigenvalue weighted by atomic mass is 19.1. The summed E-state index contributed by atoms with van der Waals surface area (Å²) in [6.45, 7) is 1.54. The predicted molar refractivity (Wildman–Crippen MR) is 148 cm³/mol. The van der Waals surface area contributed by atoms with Crippen LogP contribution in [0.25, 0.3) is 0 Å². The number of aliphatic hydroxyl groups is 4. The maximum absolute atomic E-state index is 13.4. The average molecular weight is 550 g/mol. The van der Waals surface area contributed by atoms with Crippen molar-refractivity contribution in [1.29, 1.82) is 0 Å². The molecule has 1 amide bonds. The monoisotopic (exact) mass is 549 g/mol. The fourth-order valence-corrected chi connectivity index (χ4v) is 5.81. The van der Waals surface area contributed by atoms with Gasteiger partial charge < -0.3 is 30.1 Å². The van der Waals surface area contributed by atoms with E-state index < -0.39 is 37.1 Å². The van der Waals surface area contributed by atoms with Crippen LogP contribution in [-0.2, 0) is 22.4 Å².